The van der Waals surface area contributed by atoms with Crippen molar-refractivity contribution in [3.05, 3.63) is 53.8 Å². The summed E-state index contributed by atoms with van der Waals surface area (Å²) in [6.45, 7) is 0.369. The SMILES string of the molecule is O=C(c1ccnc(C(F)(F)F)c1F)N1C2COCC1c1nnc(-c3cnccn3)n1C2. The van der Waals surface area contributed by atoms with Crippen LogP contribution in [0.25, 0.3) is 11.5 Å². The van der Waals surface area contributed by atoms with Gasteiger partial charge in [-0.25, -0.2) is 14.4 Å². The smallest absolute Gasteiger partial charge is 0.377 e. The Hall–Kier alpha value is -3.48. The molecule has 0 N–H and O–H groups in total. The van der Waals surface area contributed by atoms with Crippen LogP contribution in [0.1, 0.15) is 27.9 Å². The number of carbonyl (C=O) groups is 1. The van der Waals surface area contributed by atoms with Crippen LogP contribution in [0, 0.1) is 5.82 Å². The fourth-order valence-corrected chi connectivity index (χ4v) is 3.88. The van der Waals surface area contributed by atoms with Gasteiger partial charge in [-0.1, -0.05) is 0 Å². The topological polar surface area (TPSA) is 98.9 Å². The predicted molar refractivity (Wildman–Crippen MR) is 93.8 cm³/mol. The lowest BCUT2D eigenvalue weighted by atomic mass is 10.0. The number of amides is 1. The van der Waals surface area contributed by atoms with E-state index in [1.165, 1.54) is 23.5 Å². The van der Waals surface area contributed by atoms with Gasteiger partial charge in [-0.3, -0.25) is 9.78 Å². The highest BCUT2D eigenvalue weighted by Gasteiger charge is 2.45. The third kappa shape index (κ3) is 3.12. The molecule has 2 atom stereocenters. The summed E-state index contributed by atoms with van der Waals surface area (Å²) >= 11 is 0. The molecule has 3 aromatic rings. The molecule has 1 amide bonds. The number of fused-ring (bicyclic) bond motifs is 4. The molecule has 31 heavy (non-hydrogen) atoms. The molecule has 13 heteroatoms. The number of alkyl halides is 3. The summed E-state index contributed by atoms with van der Waals surface area (Å²) in [6.07, 6.45) is 0.283. The average Bonchev–Trinajstić information content (AvgIpc) is 3.16. The fraction of sp³-hybridized carbons (Fsp3) is 0.333. The number of halogens is 4. The van der Waals surface area contributed by atoms with E-state index < -0.39 is 41.2 Å². The van der Waals surface area contributed by atoms with Crippen LogP contribution in [-0.4, -0.2) is 59.8 Å². The normalized spacial score (nSPS) is 20.5. The first-order chi connectivity index (χ1) is 14.9. The van der Waals surface area contributed by atoms with Crippen LogP contribution in [0.3, 0.4) is 0 Å². The zero-order chi connectivity index (χ0) is 21.8. The number of aromatic nitrogens is 6. The van der Waals surface area contributed by atoms with Gasteiger partial charge in [0, 0.05) is 25.1 Å². The third-order valence-electron chi connectivity index (χ3n) is 5.20. The lowest BCUT2D eigenvalue weighted by molar-refractivity contribution is -0.143. The molecule has 2 aliphatic rings. The van der Waals surface area contributed by atoms with Crippen LogP contribution in [0.2, 0.25) is 0 Å². The molecule has 2 bridgehead atoms. The number of nitrogens with zero attached hydrogens (tertiary/aromatic N) is 7. The van der Waals surface area contributed by atoms with Crippen LogP contribution in [0.4, 0.5) is 17.6 Å². The highest BCUT2D eigenvalue weighted by molar-refractivity contribution is 5.95. The first-order valence-corrected chi connectivity index (χ1v) is 9.18. The van der Waals surface area contributed by atoms with E-state index in [1.807, 2.05) is 0 Å². The van der Waals surface area contributed by atoms with E-state index in [9.17, 15) is 22.4 Å². The second-order valence-electron chi connectivity index (χ2n) is 7.02. The van der Waals surface area contributed by atoms with E-state index in [2.05, 4.69) is 25.1 Å². The second-order valence-corrected chi connectivity index (χ2v) is 7.02. The molecule has 0 spiro atoms. The third-order valence-corrected chi connectivity index (χ3v) is 5.20. The van der Waals surface area contributed by atoms with Crippen LogP contribution in [0.5, 0.6) is 0 Å². The van der Waals surface area contributed by atoms with Crippen LogP contribution in [-0.2, 0) is 17.5 Å². The van der Waals surface area contributed by atoms with Gasteiger partial charge < -0.3 is 14.2 Å². The molecule has 2 unspecified atom stereocenters. The van der Waals surface area contributed by atoms with Gasteiger partial charge in [0.2, 0.25) is 0 Å². The molecule has 0 radical (unpaired) electrons. The maximum atomic E-state index is 14.6. The van der Waals surface area contributed by atoms with Crippen molar-refractivity contribution in [2.75, 3.05) is 13.2 Å². The Morgan fingerprint density at radius 1 is 1.13 bits per heavy atom. The number of pyridine rings is 1. The van der Waals surface area contributed by atoms with Crippen molar-refractivity contribution < 1.29 is 27.1 Å². The molecular formula is C18H13F4N7O2. The quantitative estimate of drug-likeness (QED) is 0.567. The fourth-order valence-electron chi connectivity index (χ4n) is 3.88. The molecule has 5 heterocycles. The molecule has 160 valence electrons. The zero-order valence-corrected chi connectivity index (χ0v) is 15.6. The summed E-state index contributed by atoms with van der Waals surface area (Å²) in [6, 6.07) is -0.375. The summed E-state index contributed by atoms with van der Waals surface area (Å²) in [5.74, 6) is -1.78. The van der Waals surface area contributed by atoms with E-state index >= 15 is 0 Å². The van der Waals surface area contributed by atoms with Crippen molar-refractivity contribution in [2.24, 2.45) is 0 Å². The molecular weight excluding hydrogens is 422 g/mol. The van der Waals surface area contributed by atoms with Crippen molar-refractivity contribution in [3.63, 3.8) is 0 Å². The molecule has 2 aliphatic heterocycles. The van der Waals surface area contributed by atoms with E-state index in [-0.39, 0.29) is 19.8 Å². The number of ether oxygens (including phenoxy) is 1. The van der Waals surface area contributed by atoms with Crippen molar-refractivity contribution in [1.82, 2.24) is 34.6 Å². The van der Waals surface area contributed by atoms with Crippen LogP contribution in [0.15, 0.2) is 30.9 Å². The van der Waals surface area contributed by atoms with Gasteiger partial charge in [-0.05, 0) is 6.07 Å². The number of carbonyl (C=O) groups excluding carboxylic acids is 1. The Morgan fingerprint density at radius 2 is 1.97 bits per heavy atom. The zero-order valence-electron chi connectivity index (χ0n) is 15.6. The van der Waals surface area contributed by atoms with Gasteiger partial charge in [0.15, 0.2) is 23.2 Å². The monoisotopic (exact) mass is 435 g/mol. The number of hydrogen-bond acceptors (Lipinski definition) is 7. The highest BCUT2D eigenvalue weighted by atomic mass is 19.4. The van der Waals surface area contributed by atoms with E-state index in [1.54, 1.807) is 4.57 Å². The molecule has 0 aromatic carbocycles. The number of rotatable bonds is 2. The van der Waals surface area contributed by atoms with Crippen molar-refractivity contribution in [2.45, 2.75) is 24.8 Å². The molecule has 9 nitrogen and oxygen atoms in total. The summed E-state index contributed by atoms with van der Waals surface area (Å²) in [5.41, 5.74) is -1.96. The molecule has 1 fully saturated rings. The summed E-state index contributed by atoms with van der Waals surface area (Å²) in [7, 11) is 0. The standard InChI is InChI=1S/C18H13F4N7O2/c19-13-10(1-2-25-14(13)18(20,21)22)17(30)29-9-6-28-15(11-5-23-3-4-24-11)26-27-16(28)12(29)8-31-7-9/h1-5,9,12H,6-8H2. The number of morpholine rings is 1. The van der Waals surface area contributed by atoms with Crippen molar-refractivity contribution in [3.8, 4) is 11.5 Å². The van der Waals surface area contributed by atoms with Gasteiger partial charge in [-0.15, -0.1) is 10.2 Å². The predicted octanol–water partition coefficient (Wildman–Crippen LogP) is 1.88. The maximum absolute atomic E-state index is 14.6. The largest absolute Gasteiger partial charge is 0.436 e. The van der Waals surface area contributed by atoms with E-state index in [4.69, 9.17) is 4.74 Å². The highest BCUT2D eigenvalue weighted by Crippen LogP contribution is 2.37. The Labute approximate surface area is 171 Å². The second kappa shape index (κ2) is 7.04. The molecule has 5 rings (SSSR count). The van der Waals surface area contributed by atoms with Crippen molar-refractivity contribution >= 4 is 5.91 Å². The molecule has 0 aliphatic carbocycles. The lowest BCUT2D eigenvalue weighted by Gasteiger charge is -2.45. The Bertz CT molecular complexity index is 1150. The Kier molecular flexibility index (Phi) is 4.43. The van der Waals surface area contributed by atoms with E-state index in [0.29, 0.717) is 17.3 Å². The van der Waals surface area contributed by atoms with Gasteiger partial charge in [0.05, 0.1) is 31.0 Å². The van der Waals surface area contributed by atoms with E-state index in [0.717, 1.165) is 12.3 Å². The summed E-state index contributed by atoms with van der Waals surface area (Å²) in [5, 5.41) is 8.29. The Balaban J connectivity index is 1.55. The lowest BCUT2D eigenvalue weighted by Crippen LogP contribution is -2.56. The van der Waals surface area contributed by atoms with Gasteiger partial charge in [0.1, 0.15) is 11.7 Å². The van der Waals surface area contributed by atoms with Gasteiger partial charge in [0.25, 0.3) is 5.91 Å². The average molecular weight is 435 g/mol. The first-order valence-electron chi connectivity index (χ1n) is 9.18. The first kappa shape index (κ1) is 19.5. The molecule has 1 saturated heterocycles. The van der Waals surface area contributed by atoms with Gasteiger partial charge in [-0.2, -0.15) is 13.2 Å². The van der Waals surface area contributed by atoms with Crippen LogP contribution < -0.4 is 0 Å². The van der Waals surface area contributed by atoms with Crippen molar-refractivity contribution in [1.29, 1.82) is 0 Å². The number of hydrogen-bond donors (Lipinski definition) is 0. The molecule has 3 aromatic heterocycles. The minimum Gasteiger partial charge on any atom is -0.377 e. The minimum atomic E-state index is -5.02. The summed E-state index contributed by atoms with van der Waals surface area (Å²) in [4.78, 5) is 25.7. The van der Waals surface area contributed by atoms with Crippen LogP contribution >= 0.6 is 0 Å². The van der Waals surface area contributed by atoms with Gasteiger partial charge >= 0.3 is 6.18 Å². The summed E-state index contributed by atoms with van der Waals surface area (Å²) < 4.78 is 61.0. The molecule has 0 saturated carbocycles. The maximum Gasteiger partial charge on any atom is 0.436 e. The minimum absolute atomic E-state index is 0.0413. The Morgan fingerprint density at radius 3 is 2.71 bits per heavy atom.